The third kappa shape index (κ3) is 5.15. The van der Waals surface area contributed by atoms with Crippen molar-refractivity contribution in [1.82, 2.24) is 5.32 Å². The molecule has 1 unspecified atom stereocenters. The van der Waals surface area contributed by atoms with Gasteiger partial charge in [0.05, 0.1) is 12.7 Å². The molecule has 1 aliphatic heterocycles. The van der Waals surface area contributed by atoms with Crippen LogP contribution in [0.3, 0.4) is 0 Å². The summed E-state index contributed by atoms with van der Waals surface area (Å²) in [5.74, 6) is 0.306. The van der Waals surface area contributed by atoms with Crippen LogP contribution in [0.25, 0.3) is 11.1 Å². The first kappa shape index (κ1) is 21.3. The summed E-state index contributed by atoms with van der Waals surface area (Å²) in [5.41, 5.74) is 6.22. The van der Waals surface area contributed by atoms with Crippen LogP contribution in [0.4, 0.5) is 0 Å². The summed E-state index contributed by atoms with van der Waals surface area (Å²) < 4.78 is 11.4. The molecule has 0 aliphatic carbocycles. The second-order valence-corrected chi connectivity index (χ2v) is 8.12. The lowest BCUT2D eigenvalue weighted by Gasteiger charge is -2.33. The molecule has 2 aromatic carbocycles. The molecule has 4 heteroatoms. The Bertz CT molecular complexity index is 771. The fourth-order valence-electron chi connectivity index (χ4n) is 4.05. The molecule has 1 saturated heterocycles. The highest BCUT2D eigenvalue weighted by Crippen LogP contribution is 2.40. The lowest BCUT2D eigenvalue weighted by atomic mass is 9.83. The number of ether oxygens (including phenoxy) is 2. The average molecular weight is 402 g/mol. The predicted octanol–water partition coefficient (Wildman–Crippen LogP) is 5.51. The van der Waals surface area contributed by atoms with E-state index in [1.54, 1.807) is 7.11 Å². The molecule has 0 amide bonds. The summed E-state index contributed by atoms with van der Waals surface area (Å²) in [6, 6.07) is 12.9. The first-order valence-corrected chi connectivity index (χ1v) is 10.7. The quantitative estimate of drug-likeness (QED) is 0.591. The Hall–Kier alpha value is -1.39. The third-order valence-corrected chi connectivity index (χ3v) is 6.07. The number of aryl methyl sites for hydroxylation is 2. The molecule has 3 nitrogen and oxygen atoms in total. The van der Waals surface area contributed by atoms with E-state index < -0.39 is 0 Å². The van der Waals surface area contributed by atoms with Gasteiger partial charge < -0.3 is 14.8 Å². The number of halogens is 1. The van der Waals surface area contributed by atoms with Crippen molar-refractivity contribution in [2.75, 3.05) is 33.4 Å². The summed E-state index contributed by atoms with van der Waals surface area (Å²) in [4.78, 5) is 0. The zero-order chi connectivity index (χ0) is 19.9. The van der Waals surface area contributed by atoms with Gasteiger partial charge in [-0.3, -0.25) is 0 Å². The van der Waals surface area contributed by atoms with Crippen LogP contribution in [0.1, 0.15) is 41.9 Å². The molecule has 0 bridgehead atoms. The molecule has 1 heterocycles. The molecule has 3 rings (SSSR count). The highest BCUT2D eigenvalue weighted by Gasteiger charge is 2.28. The summed E-state index contributed by atoms with van der Waals surface area (Å²) >= 11 is 6.75. The number of nitrogens with one attached hydrogen (secondary N) is 1. The molecular weight excluding hydrogens is 370 g/mol. The zero-order valence-electron chi connectivity index (χ0n) is 17.3. The lowest BCUT2D eigenvalue weighted by Crippen LogP contribution is -2.42. The molecule has 2 aromatic rings. The number of hydrogen-bond donors (Lipinski definition) is 1. The van der Waals surface area contributed by atoms with Gasteiger partial charge in [0.2, 0.25) is 0 Å². The van der Waals surface area contributed by atoms with Gasteiger partial charge in [0.1, 0.15) is 0 Å². The van der Waals surface area contributed by atoms with E-state index in [4.69, 9.17) is 21.1 Å². The third-order valence-electron chi connectivity index (χ3n) is 5.76. The van der Waals surface area contributed by atoms with E-state index in [0.717, 1.165) is 56.2 Å². The van der Waals surface area contributed by atoms with Crippen LogP contribution in [-0.2, 0) is 9.47 Å². The zero-order valence-corrected chi connectivity index (χ0v) is 18.0. The van der Waals surface area contributed by atoms with Crippen molar-refractivity contribution in [1.29, 1.82) is 0 Å². The number of hydrogen-bond acceptors (Lipinski definition) is 3. The molecule has 0 saturated carbocycles. The molecule has 0 radical (unpaired) electrons. The number of unbranched alkanes of at least 4 members (excludes halogenated alkanes) is 1. The minimum atomic E-state index is 0.167. The van der Waals surface area contributed by atoms with E-state index >= 15 is 0 Å². The SMILES string of the molecule is COCCCCC(c1cccc(Cl)c1-c1ccc(C)c(C)c1)[C@@H]1CNCCO1. The van der Waals surface area contributed by atoms with Gasteiger partial charge in [0.25, 0.3) is 0 Å². The van der Waals surface area contributed by atoms with Gasteiger partial charge in [-0.1, -0.05) is 48.4 Å². The van der Waals surface area contributed by atoms with Crippen LogP contribution in [0, 0.1) is 13.8 Å². The second-order valence-electron chi connectivity index (χ2n) is 7.71. The molecule has 1 N–H and O–H groups in total. The Morgan fingerprint density at radius 2 is 2.04 bits per heavy atom. The molecule has 2 atom stereocenters. The maximum absolute atomic E-state index is 6.75. The summed E-state index contributed by atoms with van der Waals surface area (Å²) in [6.07, 6.45) is 3.40. The largest absolute Gasteiger partial charge is 0.385 e. The summed E-state index contributed by atoms with van der Waals surface area (Å²) in [5, 5.41) is 4.31. The summed E-state index contributed by atoms with van der Waals surface area (Å²) in [7, 11) is 1.76. The van der Waals surface area contributed by atoms with E-state index in [-0.39, 0.29) is 6.10 Å². The average Bonchev–Trinajstić information content (AvgIpc) is 2.71. The normalized spacial score (nSPS) is 18.2. The van der Waals surface area contributed by atoms with Gasteiger partial charge in [-0.15, -0.1) is 0 Å². The number of methoxy groups -OCH3 is 1. The summed E-state index contributed by atoms with van der Waals surface area (Å²) in [6.45, 7) is 7.67. The monoisotopic (exact) mass is 401 g/mol. The Labute approximate surface area is 174 Å². The van der Waals surface area contributed by atoms with Crippen molar-refractivity contribution in [3.05, 3.63) is 58.1 Å². The molecule has 28 heavy (non-hydrogen) atoms. The van der Waals surface area contributed by atoms with Crippen molar-refractivity contribution in [2.24, 2.45) is 0 Å². The van der Waals surface area contributed by atoms with Crippen LogP contribution >= 0.6 is 11.6 Å². The maximum atomic E-state index is 6.75. The van der Waals surface area contributed by atoms with E-state index in [1.807, 2.05) is 6.07 Å². The molecule has 152 valence electrons. The van der Waals surface area contributed by atoms with E-state index in [9.17, 15) is 0 Å². The van der Waals surface area contributed by atoms with Gasteiger partial charge in [-0.2, -0.15) is 0 Å². The van der Waals surface area contributed by atoms with Crippen LogP contribution in [0.2, 0.25) is 5.02 Å². The lowest BCUT2D eigenvalue weighted by molar-refractivity contribution is 0.00858. The van der Waals surface area contributed by atoms with Crippen molar-refractivity contribution < 1.29 is 9.47 Å². The maximum Gasteiger partial charge on any atom is 0.0768 e. The smallest absolute Gasteiger partial charge is 0.0768 e. The van der Waals surface area contributed by atoms with Crippen LogP contribution in [-0.4, -0.2) is 39.5 Å². The molecular formula is C24H32ClNO2. The van der Waals surface area contributed by atoms with Crippen molar-refractivity contribution in [2.45, 2.75) is 45.1 Å². The molecule has 0 spiro atoms. The fraction of sp³-hybridized carbons (Fsp3) is 0.500. The first-order chi connectivity index (χ1) is 13.6. The van der Waals surface area contributed by atoms with Crippen molar-refractivity contribution >= 4 is 11.6 Å². The molecule has 1 aliphatic rings. The topological polar surface area (TPSA) is 30.5 Å². The Kier molecular flexibility index (Phi) is 7.92. The standard InChI is InChI=1S/C24H32ClNO2/c1-17-10-11-19(15-18(17)2)24-21(8-6-9-22(24)25)20(7-4-5-13-27-3)23-16-26-12-14-28-23/h6,8-11,15,20,23,26H,4-5,7,12-14,16H2,1-3H3/t20?,23-/m0/s1. The van der Waals surface area contributed by atoms with E-state index in [1.165, 1.54) is 22.3 Å². The van der Waals surface area contributed by atoms with E-state index in [0.29, 0.717) is 5.92 Å². The number of morpholine rings is 1. The van der Waals surface area contributed by atoms with Crippen molar-refractivity contribution in [3.8, 4) is 11.1 Å². The number of benzene rings is 2. The van der Waals surface area contributed by atoms with E-state index in [2.05, 4.69) is 49.5 Å². The van der Waals surface area contributed by atoms with Crippen LogP contribution in [0.15, 0.2) is 36.4 Å². The fourth-order valence-corrected chi connectivity index (χ4v) is 4.34. The minimum absolute atomic E-state index is 0.167. The van der Waals surface area contributed by atoms with Gasteiger partial charge in [-0.25, -0.2) is 0 Å². The van der Waals surface area contributed by atoms with Crippen molar-refractivity contribution in [3.63, 3.8) is 0 Å². The first-order valence-electron chi connectivity index (χ1n) is 10.3. The Morgan fingerprint density at radius 1 is 1.18 bits per heavy atom. The predicted molar refractivity (Wildman–Crippen MR) is 117 cm³/mol. The van der Waals surface area contributed by atoms with Gasteiger partial charge >= 0.3 is 0 Å². The Morgan fingerprint density at radius 3 is 2.75 bits per heavy atom. The van der Waals surface area contributed by atoms with Gasteiger partial charge in [0.15, 0.2) is 0 Å². The minimum Gasteiger partial charge on any atom is -0.385 e. The number of rotatable bonds is 8. The van der Waals surface area contributed by atoms with Crippen LogP contribution in [0.5, 0.6) is 0 Å². The molecule has 0 aromatic heterocycles. The molecule has 1 fully saturated rings. The second kappa shape index (κ2) is 10.4. The van der Waals surface area contributed by atoms with Gasteiger partial charge in [-0.05, 0) is 55.0 Å². The van der Waals surface area contributed by atoms with Crippen LogP contribution < -0.4 is 5.32 Å². The van der Waals surface area contributed by atoms with Gasteiger partial charge in [0, 0.05) is 43.3 Å². The highest BCUT2D eigenvalue weighted by atomic mass is 35.5. The Balaban J connectivity index is 1.98. The highest BCUT2D eigenvalue weighted by molar-refractivity contribution is 6.33.